The fourth-order valence-corrected chi connectivity index (χ4v) is 4.41. The number of nitrogens with zero attached hydrogens (tertiary/aromatic N) is 2. The van der Waals surface area contributed by atoms with Crippen LogP contribution in [0.1, 0.15) is 23.7 Å². The van der Waals surface area contributed by atoms with E-state index in [4.69, 9.17) is 10.1 Å². The SMILES string of the molecule is CCc1ccc(CCOc2ccc(CC3SC(=N)N(I)C3=O)cc2)nc1. The Bertz CT molecular complexity index is 780. The first-order valence-electron chi connectivity index (χ1n) is 8.47. The quantitative estimate of drug-likeness (QED) is 0.479. The van der Waals surface area contributed by atoms with Crippen molar-refractivity contribution >= 4 is 45.7 Å². The molecule has 1 aliphatic rings. The number of carbonyl (C=O) groups excluding carboxylic acids is 1. The Morgan fingerprint density at radius 1 is 1.23 bits per heavy atom. The Hall–Kier alpha value is -1.61. The van der Waals surface area contributed by atoms with Gasteiger partial charge in [-0.3, -0.25) is 15.2 Å². The second-order valence-corrected chi connectivity index (χ2v) is 8.14. The van der Waals surface area contributed by atoms with Gasteiger partial charge >= 0.3 is 0 Å². The maximum atomic E-state index is 12.0. The zero-order valence-electron chi connectivity index (χ0n) is 14.4. The third-order valence-corrected chi connectivity index (χ3v) is 6.51. The first kappa shape index (κ1) is 19.2. The van der Waals surface area contributed by atoms with Crippen LogP contribution < -0.4 is 4.74 Å². The number of benzene rings is 1. The van der Waals surface area contributed by atoms with Gasteiger partial charge in [-0.05, 0) is 42.2 Å². The third kappa shape index (κ3) is 4.76. The zero-order chi connectivity index (χ0) is 18.5. The number of amidine groups is 1. The van der Waals surface area contributed by atoms with Crippen molar-refractivity contribution in [1.29, 1.82) is 5.41 Å². The molecule has 26 heavy (non-hydrogen) atoms. The van der Waals surface area contributed by atoms with Crippen molar-refractivity contribution in [3.8, 4) is 5.75 Å². The summed E-state index contributed by atoms with van der Waals surface area (Å²) in [6.07, 6.45) is 4.31. The molecule has 0 bridgehead atoms. The summed E-state index contributed by atoms with van der Waals surface area (Å²) in [4.78, 5) is 16.5. The predicted molar refractivity (Wildman–Crippen MR) is 113 cm³/mol. The topological polar surface area (TPSA) is 66.3 Å². The van der Waals surface area contributed by atoms with E-state index in [1.54, 1.807) is 0 Å². The summed E-state index contributed by atoms with van der Waals surface area (Å²) in [6, 6.07) is 12.0. The highest BCUT2D eigenvalue weighted by molar-refractivity contribution is 14.1. The van der Waals surface area contributed by atoms with Crippen molar-refractivity contribution in [3.05, 3.63) is 59.4 Å². The standard InChI is InChI=1S/C19H20IN3O2S/c1-2-13-3-6-15(22-12-13)9-10-25-16-7-4-14(5-8-16)11-17-18(24)23(20)19(21)26-17/h3-8,12,17,21H,2,9-11H2,1H3. The van der Waals surface area contributed by atoms with Crippen LogP contribution in [-0.2, 0) is 24.1 Å². The number of halogens is 1. The summed E-state index contributed by atoms with van der Waals surface area (Å²) in [5.41, 5.74) is 3.34. The van der Waals surface area contributed by atoms with Crippen molar-refractivity contribution in [2.45, 2.75) is 31.4 Å². The predicted octanol–water partition coefficient (Wildman–Crippen LogP) is 4.04. The molecule has 1 saturated heterocycles. The lowest BCUT2D eigenvalue weighted by atomic mass is 10.1. The molecule has 1 unspecified atom stereocenters. The summed E-state index contributed by atoms with van der Waals surface area (Å²) >= 11 is 3.19. The molecule has 2 aromatic rings. The van der Waals surface area contributed by atoms with E-state index in [9.17, 15) is 4.79 Å². The van der Waals surface area contributed by atoms with E-state index in [0.29, 0.717) is 18.2 Å². The molecule has 1 atom stereocenters. The smallest absolute Gasteiger partial charge is 0.251 e. The molecule has 1 aromatic heterocycles. The lowest BCUT2D eigenvalue weighted by Crippen LogP contribution is -2.23. The lowest BCUT2D eigenvalue weighted by molar-refractivity contribution is -0.121. The molecule has 0 aliphatic carbocycles. The molecule has 1 aliphatic heterocycles. The average Bonchev–Trinajstić information content (AvgIpc) is 2.90. The summed E-state index contributed by atoms with van der Waals surface area (Å²) < 4.78 is 7.17. The van der Waals surface area contributed by atoms with Crippen LogP contribution in [0.4, 0.5) is 0 Å². The van der Waals surface area contributed by atoms with Gasteiger partial charge in [-0.1, -0.05) is 36.9 Å². The van der Waals surface area contributed by atoms with Gasteiger partial charge in [0.15, 0.2) is 5.17 Å². The molecular weight excluding hydrogens is 461 g/mol. The fraction of sp³-hybridized carbons (Fsp3) is 0.316. The Morgan fingerprint density at radius 2 is 1.96 bits per heavy atom. The Labute approximate surface area is 171 Å². The minimum Gasteiger partial charge on any atom is -0.493 e. The van der Waals surface area contributed by atoms with Gasteiger partial charge in [0.2, 0.25) is 0 Å². The number of carbonyl (C=O) groups is 1. The number of ether oxygens (including phenoxy) is 1. The summed E-state index contributed by atoms with van der Waals surface area (Å²) in [5, 5.41) is 7.82. The number of thioether (sulfide) groups is 1. The number of pyridine rings is 1. The summed E-state index contributed by atoms with van der Waals surface area (Å²) in [6.45, 7) is 2.70. The number of aromatic nitrogens is 1. The van der Waals surface area contributed by atoms with Crippen LogP contribution in [0.25, 0.3) is 0 Å². The van der Waals surface area contributed by atoms with E-state index >= 15 is 0 Å². The summed E-state index contributed by atoms with van der Waals surface area (Å²) in [7, 11) is 0. The molecule has 1 aromatic carbocycles. The largest absolute Gasteiger partial charge is 0.493 e. The van der Waals surface area contributed by atoms with Gasteiger partial charge in [-0.15, -0.1) is 0 Å². The van der Waals surface area contributed by atoms with Crippen LogP contribution in [0, 0.1) is 5.41 Å². The second-order valence-electron chi connectivity index (χ2n) is 5.99. The molecule has 136 valence electrons. The van der Waals surface area contributed by atoms with Crippen LogP contribution in [0.3, 0.4) is 0 Å². The highest BCUT2D eigenvalue weighted by atomic mass is 127. The number of hydrogen-bond donors (Lipinski definition) is 1. The van der Waals surface area contributed by atoms with Crippen molar-refractivity contribution in [2.24, 2.45) is 0 Å². The molecule has 0 spiro atoms. The molecule has 0 saturated carbocycles. The van der Waals surface area contributed by atoms with Gasteiger partial charge < -0.3 is 4.74 Å². The number of aryl methyl sites for hydroxylation is 1. The third-order valence-electron chi connectivity index (χ3n) is 4.17. The van der Waals surface area contributed by atoms with E-state index in [-0.39, 0.29) is 11.2 Å². The lowest BCUT2D eigenvalue weighted by Gasteiger charge is -2.09. The van der Waals surface area contributed by atoms with Crippen LogP contribution in [-0.4, -0.2) is 31.0 Å². The molecule has 0 radical (unpaired) electrons. The maximum Gasteiger partial charge on any atom is 0.251 e. The normalized spacial score (nSPS) is 17.0. The highest BCUT2D eigenvalue weighted by Gasteiger charge is 2.35. The van der Waals surface area contributed by atoms with E-state index in [0.717, 1.165) is 29.8 Å². The van der Waals surface area contributed by atoms with Gasteiger partial charge in [-0.25, -0.2) is 3.11 Å². The minimum absolute atomic E-state index is 0.0116. The van der Waals surface area contributed by atoms with E-state index in [2.05, 4.69) is 24.0 Å². The van der Waals surface area contributed by atoms with Crippen molar-refractivity contribution in [3.63, 3.8) is 0 Å². The first-order chi connectivity index (χ1) is 12.6. The molecule has 1 N–H and O–H groups in total. The molecular formula is C19H20IN3O2S. The van der Waals surface area contributed by atoms with Crippen molar-refractivity contribution < 1.29 is 9.53 Å². The van der Waals surface area contributed by atoms with Gasteiger partial charge in [-0.2, -0.15) is 0 Å². The number of rotatable bonds is 7. The fourth-order valence-electron chi connectivity index (χ4n) is 2.61. The van der Waals surface area contributed by atoms with Gasteiger partial charge in [0, 0.05) is 18.3 Å². The molecule has 1 amide bonds. The van der Waals surface area contributed by atoms with E-state index in [1.807, 2.05) is 53.3 Å². The van der Waals surface area contributed by atoms with Crippen LogP contribution in [0.2, 0.25) is 0 Å². The molecule has 3 rings (SSSR count). The van der Waals surface area contributed by atoms with E-state index < -0.39 is 0 Å². The van der Waals surface area contributed by atoms with Gasteiger partial charge in [0.05, 0.1) is 34.7 Å². The second kappa shape index (κ2) is 8.85. The monoisotopic (exact) mass is 481 g/mol. The van der Waals surface area contributed by atoms with Gasteiger partial charge in [0.1, 0.15) is 5.75 Å². The van der Waals surface area contributed by atoms with Crippen LogP contribution in [0.5, 0.6) is 5.75 Å². The minimum atomic E-state index is -0.205. The van der Waals surface area contributed by atoms with Gasteiger partial charge in [0.25, 0.3) is 5.91 Å². The van der Waals surface area contributed by atoms with Crippen LogP contribution >= 0.6 is 34.6 Å². The zero-order valence-corrected chi connectivity index (χ0v) is 17.4. The van der Waals surface area contributed by atoms with Crippen LogP contribution in [0.15, 0.2) is 42.6 Å². The molecule has 7 heteroatoms. The number of hydrogen-bond acceptors (Lipinski definition) is 5. The molecule has 1 fully saturated rings. The molecule has 2 heterocycles. The summed E-state index contributed by atoms with van der Waals surface area (Å²) in [5.74, 6) is 0.801. The van der Waals surface area contributed by atoms with Crippen molar-refractivity contribution in [2.75, 3.05) is 6.61 Å². The maximum absolute atomic E-state index is 12.0. The Morgan fingerprint density at radius 3 is 2.54 bits per heavy atom. The first-order valence-corrected chi connectivity index (χ1v) is 10.3. The number of nitrogens with one attached hydrogen (secondary N) is 1. The van der Waals surface area contributed by atoms with E-state index in [1.165, 1.54) is 20.4 Å². The van der Waals surface area contributed by atoms with Crippen molar-refractivity contribution in [1.82, 2.24) is 8.10 Å². The Kier molecular flexibility index (Phi) is 6.53. The average molecular weight is 481 g/mol. The molecule has 5 nitrogen and oxygen atoms in total. The number of amides is 1. The highest BCUT2D eigenvalue weighted by Crippen LogP contribution is 2.31. The Balaban J connectivity index is 1.48.